The minimum absolute atomic E-state index is 0.795. The third kappa shape index (κ3) is 0.739. The average Bonchev–Trinajstić information content (AvgIpc) is 2.41. The predicted molar refractivity (Wildman–Crippen MR) is 42.8 cm³/mol. The normalized spacial score (nSPS) is 55.3. The van der Waals surface area contributed by atoms with Gasteiger partial charge in [-0.3, -0.25) is 0 Å². The van der Waals surface area contributed by atoms with Crippen molar-refractivity contribution in [3.63, 3.8) is 0 Å². The van der Waals surface area contributed by atoms with E-state index in [9.17, 15) is 0 Å². The van der Waals surface area contributed by atoms with Crippen LogP contribution in [0.4, 0.5) is 0 Å². The molecule has 0 nitrogen and oxygen atoms in total. The lowest BCUT2D eigenvalue weighted by Crippen LogP contribution is -1.99. The minimum atomic E-state index is 0.795. The van der Waals surface area contributed by atoms with Crippen molar-refractivity contribution in [1.29, 1.82) is 0 Å². The lowest BCUT2D eigenvalue weighted by Gasteiger charge is -2.07. The van der Waals surface area contributed by atoms with E-state index >= 15 is 0 Å². The van der Waals surface area contributed by atoms with Crippen LogP contribution in [-0.4, -0.2) is 5.25 Å². The molecule has 0 aliphatic heterocycles. The van der Waals surface area contributed by atoms with Gasteiger partial charge in [-0.2, -0.15) is 12.6 Å². The highest BCUT2D eigenvalue weighted by atomic mass is 32.1. The van der Waals surface area contributed by atoms with Gasteiger partial charge in [0.15, 0.2) is 0 Å². The van der Waals surface area contributed by atoms with Crippen LogP contribution in [0.3, 0.4) is 0 Å². The molecule has 9 heavy (non-hydrogen) atoms. The quantitative estimate of drug-likeness (QED) is 0.534. The SMILES string of the molecule is CCC1CCC2C(S)C12. The fourth-order valence-electron chi connectivity index (χ4n) is 2.45. The Balaban J connectivity index is 1.99. The van der Waals surface area contributed by atoms with E-state index in [0.29, 0.717) is 0 Å². The summed E-state index contributed by atoms with van der Waals surface area (Å²) in [6, 6.07) is 0. The Bertz CT molecular complexity index is 122. The molecule has 52 valence electrons. The molecule has 0 amide bonds. The van der Waals surface area contributed by atoms with Crippen LogP contribution in [0.1, 0.15) is 26.2 Å². The summed E-state index contributed by atoms with van der Waals surface area (Å²) in [5.74, 6) is 3.09. The van der Waals surface area contributed by atoms with Crippen LogP contribution in [0.15, 0.2) is 0 Å². The van der Waals surface area contributed by atoms with E-state index in [0.717, 1.165) is 23.0 Å². The number of thiol groups is 1. The molecule has 2 fully saturated rings. The van der Waals surface area contributed by atoms with E-state index in [-0.39, 0.29) is 0 Å². The van der Waals surface area contributed by atoms with Gasteiger partial charge in [-0.1, -0.05) is 13.3 Å². The van der Waals surface area contributed by atoms with Crippen molar-refractivity contribution in [3.05, 3.63) is 0 Å². The van der Waals surface area contributed by atoms with Crippen molar-refractivity contribution in [1.82, 2.24) is 0 Å². The van der Waals surface area contributed by atoms with E-state index in [1.165, 1.54) is 19.3 Å². The fraction of sp³-hybridized carbons (Fsp3) is 1.00. The summed E-state index contributed by atoms with van der Waals surface area (Å²) in [5.41, 5.74) is 0. The molecule has 0 heterocycles. The zero-order valence-corrected chi connectivity index (χ0v) is 6.77. The predicted octanol–water partition coefficient (Wildman–Crippen LogP) is 2.35. The van der Waals surface area contributed by atoms with Crippen LogP contribution < -0.4 is 0 Å². The Morgan fingerprint density at radius 3 is 2.56 bits per heavy atom. The molecule has 0 aromatic heterocycles. The summed E-state index contributed by atoms with van der Waals surface area (Å²) < 4.78 is 0. The van der Waals surface area contributed by atoms with Gasteiger partial charge < -0.3 is 0 Å². The minimum Gasteiger partial charge on any atom is -0.175 e. The fourth-order valence-corrected chi connectivity index (χ4v) is 3.16. The molecule has 2 aliphatic rings. The van der Waals surface area contributed by atoms with Gasteiger partial charge in [0.05, 0.1) is 0 Å². The molecule has 0 bridgehead atoms. The Morgan fingerprint density at radius 2 is 2.22 bits per heavy atom. The van der Waals surface area contributed by atoms with Gasteiger partial charge in [-0.05, 0) is 30.6 Å². The van der Waals surface area contributed by atoms with E-state index in [4.69, 9.17) is 0 Å². The Morgan fingerprint density at radius 1 is 1.44 bits per heavy atom. The molecule has 0 spiro atoms. The summed E-state index contributed by atoms with van der Waals surface area (Å²) in [7, 11) is 0. The van der Waals surface area contributed by atoms with Gasteiger partial charge >= 0.3 is 0 Å². The van der Waals surface area contributed by atoms with Gasteiger partial charge in [0.2, 0.25) is 0 Å². The van der Waals surface area contributed by atoms with Crippen LogP contribution in [0.2, 0.25) is 0 Å². The maximum absolute atomic E-state index is 4.51. The number of hydrogen-bond donors (Lipinski definition) is 1. The van der Waals surface area contributed by atoms with Crippen LogP contribution in [0.5, 0.6) is 0 Å². The molecular weight excluding hydrogens is 128 g/mol. The number of hydrogen-bond acceptors (Lipinski definition) is 1. The number of rotatable bonds is 1. The maximum atomic E-state index is 4.51. The standard InChI is InChI=1S/C8H14S/c1-2-5-3-4-6-7(5)8(6)9/h5-9H,2-4H2,1H3. The van der Waals surface area contributed by atoms with Gasteiger partial charge in [-0.15, -0.1) is 0 Å². The second kappa shape index (κ2) is 1.91. The number of fused-ring (bicyclic) bond motifs is 1. The Labute approximate surface area is 62.4 Å². The van der Waals surface area contributed by atoms with E-state index in [1.807, 2.05) is 0 Å². The van der Waals surface area contributed by atoms with Crippen LogP contribution in [-0.2, 0) is 0 Å². The summed E-state index contributed by atoms with van der Waals surface area (Å²) in [6.45, 7) is 2.31. The largest absolute Gasteiger partial charge is 0.175 e. The van der Waals surface area contributed by atoms with Crippen molar-refractivity contribution in [2.45, 2.75) is 31.4 Å². The maximum Gasteiger partial charge on any atom is 0.00821 e. The Kier molecular flexibility index (Phi) is 1.29. The van der Waals surface area contributed by atoms with Crippen molar-refractivity contribution in [2.24, 2.45) is 17.8 Å². The van der Waals surface area contributed by atoms with Crippen LogP contribution in [0.25, 0.3) is 0 Å². The highest BCUT2D eigenvalue weighted by Crippen LogP contribution is 2.59. The zero-order valence-electron chi connectivity index (χ0n) is 5.88. The third-order valence-electron chi connectivity index (χ3n) is 3.13. The third-order valence-corrected chi connectivity index (χ3v) is 3.85. The van der Waals surface area contributed by atoms with E-state index < -0.39 is 0 Å². The first-order valence-corrected chi connectivity index (χ1v) is 4.54. The molecule has 0 aromatic rings. The molecule has 0 aromatic carbocycles. The molecule has 1 heteroatoms. The lowest BCUT2D eigenvalue weighted by molar-refractivity contribution is 0.468. The zero-order chi connectivity index (χ0) is 6.43. The van der Waals surface area contributed by atoms with Gasteiger partial charge in [0.25, 0.3) is 0 Å². The first kappa shape index (κ1) is 6.09. The van der Waals surface area contributed by atoms with Crippen LogP contribution in [0, 0.1) is 17.8 Å². The molecule has 0 saturated heterocycles. The van der Waals surface area contributed by atoms with Crippen molar-refractivity contribution >= 4 is 12.6 Å². The van der Waals surface area contributed by atoms with Crippen molar-refractivity contribution in [2.75, 3.05) is 0 Å². The molecule has 4 unspecified atom stereocenters. The van der Waals surface area contributed by atoms with Crippen molar-refractivity contribution < 1.29 is 0 Å². The molecule has 0 N–H and O–H groups in total. The molecule has 0 radical (unpaired) electrons. The smallest absolute Gasteiger partial charge is 0.00821 e. The lowest BCUT2D eigenvalue weighted by atomic mass is 10.0. The first-order valence-electron chi connectivity index (χ1n) is 4.02. The van der Waals surface area contributed by atoms with Gasteiger partial charge in [-0.25, -0.2) is 0 Å². The average molecular weight is 142 g/mol. The van der Waals surface area contributed by atoms with Gasteiger partial charge in [0.1, 0.15) is 0 Å². The van der Waals surface area contributed by atoms with E-state index in [1.54, 1.807) is 0 Å². The van der Waals surface area contributed by atoms with Gasteiger partial charge in [0, 0.05) is 5.25 Å². The molecule has 4 atom stereocenters. The monoisotopic (exact) mass is 142 g/mol. The summed E-state index contributed by atoms with van der Waals surface area (Å²) in [6.07, 6.45) is 4.35. The second-order valence-corrected chi connectivity index (χ2v) is 4.07. The molecule has 2 rings (SSSR count). The summed E-state index contributed by atoms with van der Waals surface area (Å²) in [5, 5.41) is 0.795. The highest BCUT2D eigenvalue weighted by molar-refractivity contribution is 7.81. The van der Waals surface area contributed by atoms with E-state index in [2.05, 4.69) is 19.6 Å². The molecular formula is C8H14S. The topological polar surface area (TPSA) is 0 Å². The van der Waals surface area contributed by atoms with Crippen molar-refractivity contribution in [3.8, 4) is 0 Å². The first-order chi connectivity index (χ1) is 4.34. The summed E-state index contributed by atoms with van der Waals surface area (Å²) >= 11 is 4.51. The highest BCUT2D eigenvalue weighted by Gasteiger charge is 2.54. The summed E-state index contributed by atoms with van der Waals surface area (Å²) in [4.78, 5) is 0. The molecule has 2 saturated carbocycles. The Hall–Kier alpha value is 0.350. The second-order valence-electron chi connectivity index (χ2n) is 3.48. The molecule has 2 aliphatic carbocycles. The van der Waals surface area contributed by atoms with Crippen LogP contribution >= 0.6 is 12.6 Å².